The molecule has 1 fully saturated rings. The SMILES string of the molecule is Cc1ccccc1C(=O)N1CCCC(OCc2cc(F)ccc2F)C1. The number of aryl methyl sites for hydroxylation is 1. The van der Waals surface area contributed by atoms with Gasteiger partial charge in [-0.1, -0.05) is 18.2 Å². The molecule has 0 saturated carbocycles. The molecule has 0 bridgehead atoms. The van der Waals surface area contributed by atoms with Gasteiger partial charge in [0.05, 0.1) is 12.7 Å². The molecule has 1 unspecified atom stereocenters. The number of halogens is 2. The lowest BCUT2D eigenvalue weighted by Gasteiger charge is -2.33. The molecule has 132 valence electrons. The van der Waals surface area contributed by atoms with Crippen molar-refractivity contribution in [1.29, 1.82) is 0 Å². The lowest BCUT2D eigenvalue weighted by Crippen LogP contribution is -2.43. The third-order valence-corrected chi connectivity index (χ3v) is 4.52. The van der Waals surface area contributed by atoms with Crippen molar-refractivity contribution in [2.75, 3.05) is 13.1 Å². The van der Waals surface area contributed by atoms with Gasteiger partial charge in [-0.25, -0.2) is 8.78 Å². The normalized spacial score (nSPS) is 17.6. The highest BCUT2D eigenvalue weighted by molar-refractivity contribution is 5.95. The second kappa shape index (κ2) is 7.74. The summed E-state index contributed by atoms with van der Waals surface area (Å²) in [5.74, 6) is -0.978. The zero-order valence-corrected chi connectivity index (χ0v) is 14.2. The van der Waals surface area contributed by atoms with Crippen LogP contribution in [0.25, 0.3) is 0 Å². The molecule has 1 aliphatic rings. The molecule has 0 radical (unpaired) electrons. The van der Waals surface area contributed by atoms with Gasteiger partial charge in [-0.05, 0) is 49.6 Å². The van der Waals surface area contributed by atoms with Gasteiger partial charge in [-0.3, -0.25) is 4.79 Å². The van der Waals surface area contributed by atoms with Gasteiger partial charge < -0.3 is 9.64 Å². The van der Waals surface area contributed by atoms with E-state index in [-0.39, 0.29) is 24.2 Å². The van der Waals surface area contributed by atoms with Crippen LogP contribution in [0.4, 0.5) is 8.78 Å². The first-order valence-corrected chi connectivity index (χ1v) is 8.45. The van der Waals surface area contributed by atoms with E-state index in [2.05, 4.69) is 0 Å². The molecule has 1 heterocycles. The van der Waals surface area contributed by atoms with E-state index in [0.29, 0.717) is 18.7 Å². The summed E-state index contributed by atoms with van der Waals surface area (Å²) >= 11 is 0. The Kier molecular flexibility index (Phi) is 5.43. The first kappa shape index (κ1) is 17.5. The first-order valence-electron chi connectivity index (χ1n) is 8.45. The summed E-state index contributed by atoms with van der Waals surface area (Å²) in [5.41, 5.74) is 1.83. The highest BCUT2D eigenvalue weighted by Gasteiger charge is 2.25. The van der Waals surface area contributed by atoms with E-state index >= 15 is 0 Å². The van der Waals surface area contributed by atoms with Crippen LogP contribution in [0.2, 0.25) is 0 Å². The number of ether oxygens (including phenoxy) is 1. The summed E-state index contributed by atoms with van der Waals surface area (Å²) < 4.78 is 32.7. The Morgan fingerprint density at radius 2 is 2.04 bits per heavy atom. The van der Waals surface area contributed by atoms with Gasteiger partial charge in [0, 0.05) is 24.2 Å². The fraction of sp³-hybridized carbons (Fsp3) is 0.350. The molecule has 3 rings (SSSR count). The van der Waals surface area contributed by atoms with Crippen LogP contribution in [0.1, 0.15) is 34.3 Å². The third kappa shape index (κ3) is 4.23. The second-order valence-electron chi connectivity index (χ2n) is 6.38. The van der Waals surface area contributed by atoms with E-state index in [0.717, 1.165) is 36.6 Å². The van der Waals surface area contributed by atoms with Crippen LogP contribution in [0.15, 0.2) is 42.5 Å². The van der Waals surface area contributed by atoms with Crippen LogP contribution < -0.4 is 0 Å². The fourth-order valence-corrected chi connectivity index (χ4v) is 3.10. The molecule has 2 aromatic carbocycles. The first-order chi connectivity index (χ1) is 12.0. The Morgan fingerprint density at radius 3 is 2.84 bits per heavy atom. The van der Waals surface area contributed by atoms with Crippen molar-refractivity contribution >= 4 is 5.91 Å². The molecule has 1 atom stereocenters. The summed E-state index contributed by atoms with van der Waals surface area (Å²) in [4.78, 5) is 14.5. The number of amides is 1. The Hall–Kier alpha value is -2.27. The molecule has 1 saturated heterocycles. The standard InChI is InChI=1S/C20H21F2NO2/c1-14-5-2-3-7-18(14)20(24)23-10-4-6-17(12-23)25-13-15-11-16(21)8-9-19(15)22/h2-3,5,7-9,11,17H,4,6,10,12-13H2,1H3. The molecule has 1 aliphatic heterocycles. The molecular formula is C20H21F2NO2. The Balaban J connectivity index is 1.62. The summed E-state index contributed by atoms with van der Waals surface area (Å²) in [7, 11) is 0. The highest BCUT2D eigenvalue weighted by Crippen LogP contribution is 2.20. The minimum atomic E-state index is -0.486. The number of piperidine rings is 1. The van der Waals surface area contributed by atoms with Crippen molar-refractivity contribution < 1.29 is 18.3 Å². The maximum atomic E-state index is 13.7. The topological polar surface area (TPSA) is 29.5 Å². The summed E-state index contributed by atoms with van der Waals surface area (Å²) in [6.45, 7) is 3.06. The molecule has 1 amide bonds. The van der Waals surface area contributed by atoms with Crippen molar-refractivity contribution in [2.24, 2.45) is 0 Å². The summed E-state index contributed by atoms with van der Waals surface area (Å²) in [5, 5.41) is 0. The van der Waals surface area contributed by atoms with E-state index in [1.54, 1.807) is 4.90 Å². The van der Waals surface area contributed by atoms with Gasteiger partial charge in [0.15, 0.2) is 0 Å². The molecule has 0 aliphatic carbocycles. The van der Waals surface area contributed by atoms with Gasteiger partial charge >= 0.3 is 0 Å². The molecule has 0 aromatic heterocycles. The largest absolute Gasteiger partial charge is 0.372 e. The van der Waals surface area contributed by atoms with Gasteiger partial charge in [0.25, 0.3) is 5.91 Å². The van der Waals surface area contributed by atoms with E-state index in [1.165, 1.54) is 0 Å². The zero-order chi connectivity index (χ0) is 17.8. The van der Waals surface area contributed by atoms with Crippen molar-refractivity contribution in [3.8, 4) is 0 Å². The van der Waals surface area contributed by atoms with Crippen LogP contribution in [0.3, 0.4) is 0 Å². The average molecular weight is 345 g/mol. The second-order valence-corrected chi connectivity index (χ2v) is 6.38. The molecule has 0 spiro atoms. The number of hydrogen-bond acceptors (Lipinski definition) is 2. The maximum Gasteiger partial charge on any atom is 0.254 e. The lowest BCUT2D eigenvalue weighted by molar-refractivity contribution is -0.00771. The lowest BCUT2D eigenvalue weighted by atomic mass is 10.0. The predicted octanol–water partition coefficient (Wildman–Crippen LogP) is 4.09. The van der Waals surface area contributed by atoms with Crippen LogP contribution in [0, 0.1) is 18.6 Å². The number of hydrogen-bond donors (Lipinski definition) is 0. The quantitative estimate of drug-likeness (QED) is 0.835. The fourth-order valence-electron chi connectivity index (χ4n) is 3.10. The molecule has 2 aromatic rings. The average Bonchev–Trinajstić information content (AvgIpc) is 2.62. The number of carbonyl (C=O) groups excluding carboxylic acids is 1. The number of rotatable bonds is 4. The van der Waals surface area contributed by atoms with E-state index in [4.69, 9.17) is 4.74 Å². The summed E-state index contributed by atoms with van der Waals surface area (Å²) in [6.07, 6.45) is 1.45. The maximum absolute atomic E-state index is 13.7. The van der Waals surface area contributed by atoms with Crippen LogP contribution >= 0.6 is 0 Å². The molecule has 0 N–H and O–H groups in total. The van der Waals surface area contributed by atoms with Crippen molar-refractivity contribution in [2.45, 2.75) is 32.5 Å². The Bertz CT molecular complexity index is 763. The van der Waals surface area contributed by atoms with Gasteiger partial charge in [-0.15, -0.1) is 0 Å². The monoisotopic (exact) mass is 345 g/mol. The number of benzene rings is 2. The number of likely N-dealkylation sites (tertiary alicyclic amines) is 1. The Labute approximate surface area is 146 Å². The molecular weight excluding hydrogens is 324 g/mol. The number of carbonyl (C=O) groups is 1. The van der Waals surface area contributed by atoms with Crippen molar-refractivity contribution in [1.82, 2.24) is 4.90 Å². The van der Waals surface area contributed by atoms with Crippen molar-refractivity contribution in [3.63, 3.8) is 0 Å². The molecule has 25 heavy (non-hydrogen) atoms. The third-order valence-electron chi connectivity index (χ3n) is 4.52. The van der Waals surface area contributed by atoms with Crippen molar-refractivity contribution in [3.05, 3.63) is 70.8 Å². The zero-order valence-electron chi connectivity index (χ0n) is 14.2. The minimum absolute atomic E-state index is 0.000650. The van der Waals surface area contributed by atoms with Crippen LogP contribution in [-0.4, -0.2) is 30.0 Å². The Morgan fingerprint density at radius 1 is 1.24 bits per heavy atom. The van der Waals surface area contributed by atoms with Gasteiger partial charge in [-0.2, -0.15) is 0 Å². The van der Waals surface area contributed by atoms with Gasteiger partial charge in [0.1, 0.15) is 11.6 Å². The van der Waals surface area contributed by atoms with Crippen LogP contribution in [0.5, 0.6) is 0 Å². The van der Waals surface area contributed by atoms with Gasteiger partial charge in [0.2, 0.25) is 0 Å². The predicted molar refractivity (Wildman–Crippen MR) is 91.3 cm³/mol. The smallest absolute Gasteiger partial charge is 0.254 e. The molecule has 5 heteroatoms. The van der Waals surface area contributed by atoms with E-state index < -0.39 is 11.6 Å². The highest BCUT2D eigenvalue weighted by atomic mass is 19.1. The van der Waals surface area contributed by atoms with E-state index in [1.807, 2.05) is 31.2 Å². The summed E-state index contributed by atoms with van der Waals surface area (Å²) in [6, 6.07) is 10.8. The van der Waals surface area contributed by atoms with Crippen LogP contribution in [-0.2, 0) is 11.3 Å². The number of nitrogens with zero attached hydrogens (tertiary/aromatic N) is 1. The van der Waals surface area contributed by atoms with E-state index in [9.17, 15) is 13.6 Å². The minimum Gasteiger partial charge on any atom is -0.372 e. The molecule has 3 nitrogen and oxygen atoms in total.